The zero-order chi connectivity index (χ0) is 7.98. The van der Waals surface area contributed by atoms with Gasteiger partial charge in [-0.15, -0.1) is 12.4 Å². The molecular formula is C8H16ClNO. The van der Waals surface area contributed by atoms with Crippen LogP contribution < -0.4 is 5.73 Å². The first-order valence-electron chi connectivity index (χ1n) is 3.44. The first-order valence-corrected chi connectivity index (χ1v) is 3.44. The summed E-state index contributed by atoms with van der Waals surface area (Å²) in [5.74, 6) is 6.31. The van der Waals surface area contributed by atoms with Gasteiger partial charge >= 0.3 is 0 Å². The van der Waals surface area contributed by atoms with Gasteiger partial charge in [0, 0.05) is 19.6 Å². The van der Waals surface area contributed by atoms with Gasteiger partial charge in [0.15, 0.2) is 0 Å². The molecule has 1 atom stereocenters. The first-order chi connectivity index (χ1) is 4.70. The number of rotatable bonds is 2. The fraction of sp³-hybridized carbons (Fsp3) is 0.750. The molecular weight excluding hydrogens is 162 g/mol. The third-order valence-corrected chi connectivity index (χ3v) is 1.03. The highest BCUT2D eigenvalue weighted by Gasteiger charge is 1.96. The lowest BCUT2D eigenvalue weighted by molar-refractivity contribution is 0.155. The second-order valence-electron chi connectivity index (χ2n) is 2.40. The molecule has 0 aliphatic heterocycles. The summed E-state index contributed by atoms with van der Waals surface area (Å²) in [6.45, 7) is 4.54. The van der Waals surface area contributed by atoms with Crippen molar-refractivity contribution < 1.29 is 4.74 Å². The molecule has 0 aliphatic carbocycles. The van der Waals surface area contributed by atoms with Gasteiger partial charge in [-0.05, 0) is 0 Å². The van der Waals surface area contributed by atoms with E-state index in [9.17, 15) is 0 Å². The van der Waals surface area contributed by atoms with Gasteiger partial charge in [-0.2, -0.15) is 0 Å². The number of hydrogen-bond donors (Lipinski definition) is 1. The molecule has 0 fully saturated rings. The van der Waals surface area contributed by atoms with Crippen molar-refractivity contribution in [3.8, 4) is 11.8 Å². The molecule has 0 saturated carbocycles. The van der Waals surface area contributed by atoms with Gasteiger partial charge in [-0.3, -0.25) is 0 Å². The minimum absolute atomic E-state index is 0. The third kappa shape index (κ3) is 7.67. The van der Waals surface area contributed by atoms with Crippen molar-refractivity contribution in [3.05, 3.63) is 0 Å². The predicted octanol–water partition coefficient (Wildman–Crippen LogP) is 1.04. The summed E-state index contributed by atoms with van der Waals surface area (Å²) in [4.78, 5) is 0. The van der Waals surface area contributed by atoms with Crippen LogP contribution in [-0.2, 0) is 4.74 Å². The van der Waals surface area contributed by atoms with Gasteiger partial charge in [0.25, 0.3) is 0 Å². The molecule has 0 aromatic rings. The quantitative estimate of drug-likeness (QED) is 0.640. The number of nitrogens with two attached hydrogens (primary N) is 1. The Balaban J connectivity index is 0. The van der Waals surface area contributed by atoms with E-state index >= 15 is 0 Å². The van der Waals surface area contributed by atoms with E-state index in [4.69, 9.17) is 10.5 Å². The molecule has 11 heavy (non-hydrogen) atoms. The second kappa shape index (κ2) is 7.87. The van der Waals surface area contributed by atoms with E-state index in [-0.39, 0.29) is 18.5 Å². The van der Waals surface area contributed by atoms with Crippen molar-refractivity contribution >= 4 is 12.4 Å². The molecule has 66 valence electrons. The molecule has 0 bridgehead atoms. The van der Waals surface area contributed by atoms with Crippen LogP contribution in [0.25, 0.3) is 0 Å². The number of methoxy groups -OCH3 is 1. The van der Waals surface area contributed by atoms with E-state index in [2.05, 4.69) is 11.8 Å². The van der Waals surface area contributed by atoms with Gasteiger partial charge in [0.1, 0.15) is 6.10 Å². The zero-order valence-electron chi connectivity index (χ0n) is 7.26. The summed E-state index contributed by atoms with van der Waals surface area (Å²) in [5, 5.41) is 0. The standard InChI is InChI=1S/C8H15NO.ClH/c1-7(2)4-5-8(6-9)10-3;/h7-8H,6,9H2,1-3H3;1H. The van der Waals surface area contributed by atoms with Crippen molar-refractivity contribution in [3.63, 3.8) is 0 Å². The average Bonchev–Trinajstić information content (AvgIpc) is 1.90. The summed E-state index contributed by atoms with van der Waals surface area (Å²) in [6.07, 6.45) is -0.0950. The van der Waals surface area contributed by atoms with Crippen molar-refractivity contribution in [2.45, 2.75) is 20.0 Å². The molecule has 0 rings (SSSR count). The average molecular weight is 178 g/mol. The van der Waals surface area contributed by atoms with Crippen LogP contribution in [0.5, 0.6) is 0 Å². The Kier molecular flexibility index (Phi) is 9.57. The second-order valence-corrected chi connectivity index (χ2v) is 2.40. The number of ether oxygens (including phenoxy) is 1. The molecule has 0 amide bonds. The maximum atomic E-state index is 5.34. The fourth-order valence-electron chi connectivity index (χ4n) is 0.474. The van der Waals surface area contributed by atoms with Crippen molar-refractivity contribution in [2.24, 2.45) is 11.7 Å². The lowest BCUT2D eigenvalue weighted by atomic mass is 10.2. The smallest absolute Gasteiger partial charge is 0.129 e. The summed E-state index contributed by atoms with van der Waals surface area (Å²) in [5.41, 5.74) is 5.34. The lowest BCUT2D eigenvalue weighted by Crippen LogP contribution is -2.20. The molecule has 2 N–H and O–H groups in total. The first kappa shape index (κ1) is 13.4. The van der Waals surface area contributed by atoms with Crippen molar-refractivity contribution in [1.82, 2.24) is 0 Å². The Bertz CT molecular complexity index is 133. The van der Waals surface area contributed by atoms with Crippen molar-refractivity contribution in [2.75, 3.05) is 13.7 Å². The normalized spacial score (nSPS) is 11.4. The highest BCUT2D eigenvalue weighted by Crippen LogP contribution is 1.88. The number of halogens is 1. The van der Waals surface area contributed by atoms with Crippen LogP contribution >= 0.6 is 12.4 Å². The molecule has 0 aromatic carbocycles. The maximum Gasteiger partial charge on any atom is 0.129 e. The van der Waals surface area contributed by atoms with Gasteiger partial charge < -0.3 is 10.5 Å². The molecule has 0 radical (unpaired) electrons. The van der Waals surface area contributed by atoms with Crippen LogP contribution in [0.2, 0.25) is 0 Å². The molecule has 1 unspecified atom stereocenters. The topological polar surface area (TPSA) is 35.2 Å². The SMILES string of the molecule is COC(C#CC(C)C)CN.Cl. The van der Waals surface area contributed by atoms with E-state index in [0.717, 1.165) is 0 Å². The molecule has 0 aromatic heterocycles. The summed E-state index contributed by atoms with van der Waals surface area (Å²) >= 11 is 0. The predicted molar refractivity (Wildman–Crippen MR) is 49.7 cm³/mol. The number of hydrogen-bond acceptors (Lipinski definition) is 2. The maximum absolute atomic E-state index is 5.34. The molecule has 2 nitrogen and oxygen atoms in total. The molecule has 0 aliphatic rings. The Hall–Kier alpha value is -0.230. The summed E-state index contributed by atoms with van der Waals surface area (Å²) in [7, 11) is 1.62. The highest BCUT2D eigenvalue weighted by molar-refractivity contribution is 5.85. The third-order valence-electron chi connectivity index (χ3n) is 1.03. The van der Waals surface area contributed by atoms with E-state index < -0.39 is 0 Å². The largest absolute Gasteiger partial charge is 0.367 e. The fourth-order valence-corrected chi connectivity index (χ4v) is 0.474. The minimum atomic E-state index is -0.0950. The summed E-state index contributed by atoms with van der Waals surface area (Å²) in [6, 6.07) is 0. The molecule has 0 saturated heterocycles. The van der Waals surface area contributed by atoms with Crippen LogP contribution in [0.4, 0.5) is 0 Å². The van der Waals surface area contributed by atoms with Gasteiger partial charge in [0.05, 0.1) is 0 Å². The van der Waals surface area contributed by atoms with Gasteiger partial charge in [-0.25, -0.2) is 0 Å². The zero-order valence-corrected chi connectivity index (χ0v) is 8.07. The van der Waals surface area contributed by atoms with E-state index in [1.165, 1.54) is 0 Å². The van der Waals surface area contributed by atoms with Crippen LogP contribution in [0, 0.1) is 17.8 Å². The van der Waals surface area contributed by atoms with Crippen LogP contribution in [0.3, 0.4) is 0 Å². The molecule has 3 heteroatoms. The minimum Gasteiger partial charge on any atom is -0.367 e. The van der Waals surface area contributed by atoms with Crippen LogP contribution in [0.15, 0.2) is 0 Å². The van der Waals surface area contributed by atoms with Crippen LogP contribution in [-0.4, -0.2) is 19.8 Å². The van der Waals surface area contributed by atoms with Gasteiger partial charge in [0.2, 0.25) is 0 Å². The van der Waals surface area contributed by atoms with E-state index in [1.807, 2.05) is 13.8 Å². The van der Waals surface area contributed by atoms with E-state index in [1.54, 1.807) is 7.11 Å². The Morgan fingerprint density at radius 2 is 1.91 bits per heavy atom. The van der Waals surface area contributed by atoms with Crippen LogP contribution in [0.1, 0.15) is 13.8 Å². The monoisotopic (exact) mass is 177 g/mol. The molecule has 0 heterocycles. The van der Waals surface area contributed by atoms with Crippen molar-refractivity contribution in [1.29, 1.82) is 0 Å². The lowest BCUT2D eigenvalue weighted by Gasteiger charge is -2.02. The van der Waals surface area contributed by atoms with Gasteiger partial charge in [-0.1, -0.05) is 25.7 Å². The summed E-state index contributed by atoms with van der Waals surface area (Å²) < 4.78 is 4.95. The Morgan fingerprint density at radius 3 is 2.18 bits per heavy atom. The van der Waals surface area contributed by atoms with E-state index in [0.29, 0.717) is 12.5 Å². The molecule has 0 spiro atoms. The Labute approximate surface area is 74.9 Å². The Morgan fingerprint density at radius 1 is 1.36 bits per heavy atom. The highest BCUT2D eigenvalue weighted by atomic mass is 35.5.